The van der Waals surface area contributed by atoms with Crippen molar-refractivity contribution in [2.24, 2.45) is 0 Å². The summed E-state index contributed by atoms with van der Waals surface area (Å²) in [4.78, 5) is 11.2. The van der Waals surface area contributed by atoms with Gasteiger partial charge in [0.05, 0.1) is 5.56 Å². The first-order chi connectivity index (χ1) is 5.81. The summed E-state index contributed by atoms with van der Waals surface area (Å²) in [6.07, 6.45) is 6.11. The largest absolute Gasteiger partial charge is 0.285 e. The molecule has 1 aromatic rings. The van der Waals surface area contributed by atoms with E-state index in [0.717, 1.165) is 18.5 Å². The summed E-state index contributed by atoms with van der Waals surface area (Å²) in [5, 5.41) is 0. The Bertz CT molecular complexity index is 349. The molecule has 3 nitrogen and oxygen atoms in total. The van der Waals surface area contributed by atoms with Crippen molar-refractivity contribution in [2.45, 2.75) is 19.9 Å². The maximum atomic E-state index is 11.2. The SMILES string of the molecule is CC[n+]1cc2c(o1)C(=O)C=CC2. The Hall–Kier alpha value is -1.38. The van der Waals surface area contributed by atoms with Gasteiger partial charge in [-0.25, -0.2) is 4.52 Å². The van der Waals surface area contributed by atoms with Crippen LogP contribution in [0, 0.1) is 0 Å². The number of hydrogen-bond acceptors (Lipinski definition) is 2. The van der Waals surface area contributed by atoms with E-state index in [9.17, 15) is 4.79 Å². The van der Waals surface area contributed by atoms with E-state index in [-0.39, 0.29) is 5.78 Å². The molecule has 0 saturated heterocycles. The van der Waals surface area contributed by atoms with Crippen molar-refractivity contribution in [3.8, 4) is 0 Å². The first-order valence-corrected chi connectivity index (χ1v) is 4.04. The van der Waals surface area contributed by atoms with E-state index in [4.69, 9.17) is 4.52 Å². The van der Waals surface area contributed by atoms with Gasteiger partial charge in [0.2, 0.25) is 12.0 Å². The lowest BCUT2D eigenvalue weighted by Gasteiger charge is -1.94. The van der Waals surface area contributed by atoms with E-state index in [1.165, 1.54) is 0 Å². The molecule has 0 bridgehead atoms. The molecule has 62 valence electrons. The number of nitrogens with zero attached hydrogens (tertiary/aromatic N) is 1. The summed E-state index contributed by atoms with van der Waals surface area (Å²) in [6, 6.07) is 0. The van der Waals surface area contributed by atoms with E-state index in [2.05, 4.69) is 0 Å². The van der Waals surface area contributed by atoms with Crippen LogP contribution in [-0.4, -0.2) is 5.78 Å². The lowest BCUT2D eigenvalue weighted by Crippen LogP contribution is -2.28. The number of carbonyl (C=O) groups is 1. The van der Waals surface area contributed by atoms with E-state index < -0.39 is 0 Å². The Kier molecular flexibility index (Phi) is 1.57. The van der Waals surface area contributed by atoms with Crippen LogP contribution in [0.1, 0.15) is 23.0 Å². The Balaban J connectivity index is 2.47. The highest BCUT2D eigenvalue weighted by atomic mass is 16.5. The highest BCUT2D eigenvalue weighted by Crippen LogP contribution is 2.14. The summed E-state index contributed by atoms with van der Waals surface area (Å²) in [6.45, 7) is 2.74. The molecule has 0 unspecified atom stereocenters. The molecule has 0 N–H and O–H groups in total. The molecular formula is C9H10NO2+. The van der Waals surface area contributed by atoms with Gasteiger partial charge in [0.25, 0.3) is 5.76 Å². The van der Waals surface area contributed by atoms with Crippen LogP contribution in [0.2, 0.25) is 0 Å². The van der Waals surface area contributed by atoms with Gasteiger partial charge in [-0.05, 0) is 17.7 Å². The standard InChI is InChI=1S/C9H10NO2/c1-2-10-6-7-4-3-5-8(11)9(7)12-10/h3,5-6H,2,4H2,1H3/q+1. The van der Waals surface area contributed by atoms with Crippen molar-refractivity contribution in [1.29, 1.82) is 0 Å². The first kappa shape index (κ1) is 7.28. The van der Waals surface area contributed by atoms with E-state index >= 15 is 0 Å². The van der Waals surface area contributed by atoms with Crippen LogP contribution in [0.25, 0.3) is 0 Å². The topological polar surface area (TPSA) is 34.1 Å². The minimum Gasteiger partial charge on any atom is -0.285 e. The summed E-state index contributed by atoms with van der Waals surface area (Å²) >= 11 is 0. The molecule has 12 heavy (non-hydrogen) atoms. The van der Waals surface area contributed by atoms with Crippen LogP contribution in [-0.2, 0) is 13.0 Å². The number of carbonyl (C=O) groups excluding carboxylic acids is 1. The van der Waals surface area contributed by atoms with E-state index in [1.807, 2.05) is 19.2 Å². The van der Waals surface area contributed by atoms with Crippen molar-refractivity contribution < 1.29 is 14.1 Å². The van der Waals surface area contributed by atoms with Crippen LogP contribution in [0.4, 0.5) is 0 Å². The van der Waals surface area contributed by atoms with Crippen LogP contribution >= 0.6 is 0 Å². The molecule has 2 rings (SSSR count). The Morgan fingerprint density at radius 1 is 1.67 bits per heavy atom. The number of hydrogen-bond donors (Lipinski definition) is 0. The number of rotatable bonds is 1. The van der Waals surface area contributed by atoms with Crippen molar-refractivity contribution in [2.75, 3.05) is 0 Å². The van der Waals surface area contributed by atoms with Gasteiger partial charge in [0, 0.05) is 6.42 Å². The normalized spacial score (nSPS) is 14.9. The average Bonchev–Trinajstić information content (AvgIpc) is 2.49. The lowest BCUT2D eigenvalue weighted by molar-refractivity contribution is -0.861. The molecule has 3 heteroatoms. The van der Waals surface area contributed by atoms with Gasteiger partial charge in [-0.3, -0.25) is 4.79 Å². The number of allylic oxidation sites excluding steroid dienone is 2. The van der Waals surface area contributed by atoms with Crippen LogP contribution in [0.15, 0.2) is 22.9 Å². The summed E-state index contributed by atoms with van der Waals surface area (Å²) in [5.41, 5.74) is 0.990. The smallest absolute Gasteiger partial charge is 0.259 e. The van der Waals surface area contributed by atoms with Crippen LogP contribution in [0.3, 0.4) is 0 Å². The predicted molar refractivity (Wildman–Crippen MR) is 41.8 cm³/mol. The molecule has 1 aliphatic carbocycles. The molecular weight excluding hydrogens is 154 g/mol. The monoisotopic (exact) mass is 164 g/mol. The molecule has 0 aliphatic heterocycles. The number of ketones is 1. The molecule has 1 aromatic heterocycles. The van der Waals surface area contributed by atoms with Gasteiger partial charge in [0.1, 0.15) is 0 Å². The second kappa shape index (κ2) is 2.59. The third-order valence-electron chi connectivity index (χ3n) is 1.94. The zero-order valence-electron chi connectivity index (χ0n) is 6.91. The Morgan fingerprint density at radius 2 is 2.50 bits per heavy atom. The highest BCUT2D eigenvalue weighted by Gasteiger charge is 2.23. The van der Waals surface area contributed by atoms with E-state index in [0.29, 0.717) is 5.76 Å². The minimum absolute atomic E-state index is 0.0246. The zero-order chi connectivity index (χ0) is 8.55. The highest BCUT2D eigenvalue weighted by molar-refractivity contribution is 6.04. The lowest BCUT2D eigenvalue weighted by atomic mass is 10.1. The maximum Gasteiger partial charge on any atom is 0.259 e. The predicted octanol–water partition coefficient (Wildman–Crippen LogP) is 0.882. The Morgan fingerprint density at radius 3 is 3.17 bits per heavy atom. The molecule has 0 radical (unpaired) electrons. The van der Waals surface area contributed by atoms with Gasteiger partial charge >= 0.3 is 0 Å². The second-order valence-electron chi connectivity index (χ2n) is 2.78. The van der Waals surface area contributed by atoms with Crippen molar-refractivity contribution in [1.82, 2.24) is 0 Å². The van der Waals surface area contributed by atoms with Gasteiger partial charge in [0.15, 0.2) is 6.54 Å². The molecule has 0 spiro atoms. The average molecular weight is 164 g/mol. The third-order valence-corrected chi connectivity index (χ3v) is 1.94. The van der Waals surface area contributed by atoms with Crippen molar-refractivity contribution >= 4 is 5.78 Å². The molecule has 0 saturated carbocycles. The zero-order valence-corrected chi connectivity index (χ0v) is 6.91. The Labute approximate surface area is 70.3 Å². The second-order valence-corrected chi connectivity index (χ2v) is 2.78. The number of aryl methyl sites for hydroxylation is 1. The van der Waals surface area contributed by atoms with Crippen LogP contribution in [0.5, 0.6) is 0 Å². The van der Waals surface area contributed by atoms with Crippen LogP contribution < -0.4 is 4.74 Å². The minimum atomic E-state index is -0.0246. The first-order valence-electron chi connectivity index (χ1n) is 4.04. The maximum absolute atomic E-state index is 11.2. The van der Waals surface area contributed by atoms with Gasteiger partial charge in [-0.1, -0.05) is 6.08 Å². The van der Waals surface area contributed by atoms with E-state index in [1.54, 1.807) is 10.8 Å². The summed E-state index contributed by atoms with van der Waals surface area (Å²) in [5.74, 6) is 0.475. The number of fused-ring (bicyclic) bond motifs is 1. The molecule has 1 heterocycles. The molecule has 1 aliphatic rings. The molecule has 0 atom stereocenters. The molecule has 0 fully saturated rings. The molecule has 0 amide bonds. The van der Waals surface area contributed by atoms with Gasteiger partial charge in [-0.2, -0.15) is 0 Å². The fourth-order valence-corrected chi connectivity index (χ4v) is 1.31. The van der Waals surface area contributed by atoms with Gasteiger partial charge in [-0.15, -0.1) is 0 Å². The van der Waals surface area contributed by atoms with Gasteiger partial charge < -0.3 is 0 Å². The fraction of sp³-hybridized carbons (Fsp3) is 0.333. The summed E-state index contributed by atoms with van der Waals surface area (Å²) in [7, 11) is 0. The van der Waals surface area contributed by atoms with Crippen molar-refractivity contribution in [3.05, 3.63) is 29.7 Å². The summed E-state index contributed by atoms with van der Waals surface area (Å²) < 4.78 is 6.96. The number of aromatic nitrogens is 1. The quantitative estimate of drug-likeness (QED) is 0.577. The molecule has 0 aromatic carbocycles. The van der Waals surface area contributed by atoms with Crippen molar-refractivity contribution in [3.63, 3.8) is 0 Å². The fourth-order valence-electron chi connectivity index (χ4n) is 1.31. The third kappa shape index (κ3) is 0.978.